The lowest BCUT2D eigenvalue weighted by Gasteiger charge is -2.17. The second-order valence-electron chi connectivity index (χ2n) is 5.64. The molecule has 0 saturated carbocycles. The number of aromatic nitrogens is 2. The van der Waals surface area contributed by atoms with Crippen LogP contribution in [0.1, 0.15) is 31.4 Å². The van der Waals surface area contributed by atoms with Crippen LogP contribution in [0.4, 0.5) is 16.3 Å². The molecule has 2 aromatic rings. The third kappa shape index (κ3) is 4.71. The first-order valence-electron chi connectivity index (χ1n) is 8.10. The van der Waals surface area contributed by atoms with Crippen molar-refractivity contribution in [1.29, 1.82) is 5.26 Å². The van der Waals surface area contributed by atoms with E-state index < -0.39 is 6.03 Å². The molecule has 8 heteroatoms. The number of ether oxygens (including phenoxy) is 1. The highest BCUT2D eigenvalue weighted by atomic mass is 35.5. The molecule has 0 aliphatic heterocycles. The van der Waals surface area contributed by atoms with Crippen molar-refractivity contribution in [3.63, 3.8) is 0 Å². The number of nitrogens with one attached hydrogen (secondary N) is 2. The van der Waals surface area contributed by atoms with Gasteiger partial charge in [-0.3, -0.25) is 5.32 Å². The number of carbonyl (C=O) groups is 1. The van der Waals surface area contributed by atoms with Gasteiger partial charge in [0.2, 0.25) is 0 Å². The van der Waals surface area contributed by atoms with E-state index in [0.717, 1.165) is 31.4 Å². The highest BCUT2D eigenvalue weighted by Gasteiger charge is 2.13. The number of rotatable bonds is 4. The number of allylic oxidation sites excluding steroid dienone is 2. The number of nitrogens with zero attached hydrogens (tertiary/aromatic N) is 3. The number of anilines is 2. The molecule has 1 heterocycles. The molecular weight excluding hydrogens is 354 g/mol. The zero-order chi connectivity index (χ0) is 18.4. The smallest absolute Gasteiger partial charge is 0.325 e. The SMILES string of the molecule is N#Cc1cnc(NC(=O)Nc2cc(Cl)ccc2OC2=CCCCC2)cn1. The third-order valence-corrected chi connectivity index (χ3v) is 3.92. The zero-order valence-corrected chi connectivity index (χ0v) is 14.6. The van der Waals surface area contributed by atoms with E-state index in [1.54, 1.807) is 18.2 Å². The summed E-state index contributed by atoms with van der Waals surface area (Å²) in [7, 11) is 0. The van der Waals surface area contributed by atoms with E-state index in [-0.39, 0.29) is 11.5 Å². The molecule has 26 heavy (non-hydrogen) atoms. The Balaban J connectivity index is 1.71. The van der Waals surface area contributed by atoms with Crippen molar-refractivity contribution in [2.45, 2.75) is 25.7 Å². The average Bonchev–Trinajstić information content (AvgIpc) is 2.65. The van der Waals surface area contributed by atoms with Crippen LogP contribution in [0.2, 0.25) is 5.02 Å². The zero-order valence-electron chi connectivity index (χ0n) is 13.8. The molecule has 0 unspecified atom stereocenters. The summed E-state index contributed by atoms with van der Waals surface area (Å²) in [4.78, 5) is 20.0. The van der Waals surface area contributed by atoms with E-state index in [9.17, 15) is 4.79 Å². The molecule has 0 bridgehead atoms. The summed E-state index contributed by atoms with van der Waals surface area (Å²) in [6.45, 7) is 0. The number of nitriles is 1. The Morgan fingerprint density at radius 2 is 2.12 bits per heavy atom. The van der Waals surface area contributed by atoms with Gasteiger partial charge in [0.1, 0.15) is 11.8 Å². The van der Waals surface area contributed by atoms with Gasteiger partial charge in [0, 0.05) is 11.4 Å². The van der Waals surface area contributed by atoms with Crippen molar-refractivity contribution in [2.24, 2.45) is 0 Å². The van der Waals surface area contributed by atoms with E-state index in [1.807, 2.05) is 6.07 Å². The summed E-state index contributed by atoms with van der Waals surface area (Å²) < 4.78 is 5.92. The molecule has 0 fully saturated rings. The number of amides is 2. The van der Waals surface area contributed by atoms with Gasteiger partial charge >= 0.3 is 6.03 Å². The molecule has 1 aromatic heterocycles. The molecule has 0 spiro atoms. The maximum atomic E-state index is 12.2. The standard InChI is InChI=1S/C18H16ClN5O2/c19-12-6-7-16(26-14-4-2-1-3-5-14)15(8-12)23-18(25)24-17-11-21-13(9-20)10-22-17/h4,6-8,10-11H,1-3,5H2,(H2,22,23,24,25). The Hall–Kier alpha value is -3.11. The maximum absolute atomic E-state index is 12.2. The summed E-state index contributed by atoms with van der Waals surface area (Å²) in [6.07, 6.45) is 8.75. The number of urea groups is 1. The largest absolute Gasteiger partial charge is 0.460 e. The van der Waals surface area contributed by atoms with Crippen molar-refractivity contribution >= 4 is 29.1 Å². The fourth-order valence-corrected chi connectivity index (χ4v) is 2.62. The molecule has 3 rings (SSSR count). The van der Waals surface area contributed by atoms with Gasteiger partial charge in [-0.2, -0.15) is 5.26 Å². The van der Waals surface area contributed by atoms with Crippen molar-refractivity contribution in [3.8, 4) is 11.8 Å². The molecule has 7 nitrogen and oxygen atoms in total. The molecule has 2 N–H and O–H groups in total. The van der Waals surface area contributed by atoms with Gasteiger partial charge in [-0.15, -0.1) is 0 Å². The summed E-state index contributed by atoms with van der Waals surface area (Å²) in [5.41, 5.74) is 0.616. The Morgan fingerprint density at radius 1 is 1.23 bits per heavy atom. The van der Waals surface area contributed by atoms with Crippen LogP contribution in [0.25, 0.3) is 0 Å². The van der Waals surface area contributed by atoms with Gasteiger partial charge in [-0.1, -0.05) is 11.6 Å². The van der Waals surface area contributed by atoms with E-state index in [2.05, 4.69) is 26.7 Å². The predicted octanol–water partition coefficient (Wildman–Crippen LogP) is 4.48. The Labute approximate surface area is 155 Å². The first-order chi connectivity index (χ1) is 12.6. The first-order valence-corrected chi connectivity index (χ1v) is 8.48. The van der Waals surface area contributed by atoms with Gasteiger partial charge < -0.3 is 10.1 Å². The molecule has 0 radical (unpaired) electrons. The van der Waals surface area contributed by atoms with Crippen LogP contribution in [-0.4, -0.2) is 16.0 Å². The van der Waals surface area contributed by atoms with E-state index in [0.29, 0.717) is 16.5 Å². The Morgan fingerprint density at radius 3 is 2.81 bits per heavy atom. The Bertz CT molecular complexity index is 874. The lowest BCUT2D eigenvalue weighted by Crippen LogP contribution is -2.20. The molecule has 1 aliphatic carbocycles. The molecule has 0 atom stereocenters. The lowest BCUT2D eigenvalue weighted by atomic mass is 10.1. The molecule has 2 amide bonds. The van der Waals surface area contributed by atoms with Crippen LogP contribution >= 0.6 is 11.6 Å². The van der Waals surface area contributed by atoms with Gasteiger partial charge in [-0.05, 0) is 43.5 Å². The number of carbonyl (C=O) groups excluding carboxylic acids is 1. The highest BCUT2D eigenvalue weighted by molar-refractivity contribution is 6.31. The summed E-state index contributed by atoms with van der Waals surface area (Å²) in [5, 5.41) is 14.4. The minimum Gasteiger partial charge on any atom is -0.460 e. The first kappa shape index (κ1) is 17.7. The van der Waals surface area contributed by atoms with Crippen LogP contribution < -0.4 is 15.4 Å². The topological polar surface area (TPSA) is 99.9 Å². The number of halogens is 1. The van der Waals surface area contributed by atoms with Gasteiger partial charge in [0.05, 0.1) is 18.1 Å². The quantitative estimate of drug-likeness (QED) is 0.827. The van der Waals surface area contributed by atoms with Crippen LogP contribution in [0.15, 0.2) is 42.4 Å². The predicted molar refractivity (Wildman–Crippen MR) is 98.0 cm³/mol. The fourth-order valence-electron chi connectivity index (χ4n) is 2.45. The minimum atomic E-state index is -0.520. The average molecular weight is 370 g/mol. The van der Waals surface area contributed by atoms with Crippen LogP contribution in [0.5, 0.6) is 5.75 Å². The number of hydrogen-bond acceptors (Lipinski definition) is 5. The lowest BCUT2D eigenvalue weighted by molar-refractivity contribution is 0.262. The molecule has 0 saturated heterocycles. The summed E-state index contributed by atoms with van der Waals surface area (Å²) in [6, 6.07) is 6.38. The van der Waals surface area contributed by atoms with Gasteiger partial charge in [0.15, 0.2) is 17.3 Å². The van der Waals surface area contributed by atoms with E-state index >= 15 is 0 Å². The minimum absolute atomic E-state index is 0.169. The number of benzene rings is 1. The second-order valence-corrected chi connectivity index (χ2v) is 6.07. The van der Waals surface area contributed by atoms with E-state index in [4.69, 9.17) is 21.6 Å². The number of hydrogen-bond donors (Lipinski definition) is 2. The van der Waals surface area contributed by atoms with Crippen molar-refractivity contribution in [1.82, 2.24) is 9.97 Å². The molecule has 1 aliphatic rings. The Kier molecular flexibility index (Phi) is 5.66. The van der Waals surface area contributed by atoms with Gasteiger partial charge in [-0.25, -0.2) is 14.8 Å². The third-order valence-electron chi connectivity index (χ3n) is 3.69. The van der Waals surface area contributed by atoms with Crippen LogP contribution in [-0.2, 0) is 0 Å². The summed E-state index contributed by atoms with van der Waals surface area (Å²) in [5.74, 6) is 1.63. The summed E-state index contributed by atoms with van der Waals surface area (Å²) >= 11 is 6.04. The van der Waals surface area contributed by atoms with Crippen molar-refractivity contribution in [2.75, 3.05) is 10.6 Å². The van der Waals surface area contributed by atoms with Crippen molar-refractivity contribution < 1.29 is 9.53 Å². The molecule has 1 aromatic carbocycles. The van der Waals surface area contributed by atoms with Crippen LogP contribution in [0, 0.1) is 11.3 Å². The second kappa shape index (κ2) is 8.32. The monoisotopic (exact) mass is 369 g/mol. The molecule has 132 valence electrons. The van der Waals surface area contributed by atoms with Crippen molar-refractivity contribution in [3.05, 3.63) is 53.1 Å². The van der Waals surface area contributed by atoms with Gasteiger partial charge in [0.25, 0.3) is 0 Å². The highest BCUT2D eigenvalue weighted by Crippen LogP contribution is 2.31. The maximum Gasteiger partial charge on any atom is 0.325 e. The van der Waals surface area contributed by atoms with E-state index in [1.165, 1.54) is 12.4 Å². The molecular formula is C18H16ClN5O2. The normalized spacial score (nSPS) is 13.3. The van der Waals surface area contributed by atoms with Crippen LogP contribution in [0.3, 0.4) is 0 Å². The fraction of sp³-hybridized carbons (Fsp3) is 0.222.